The molecule has 24 heavy (non-hydrogen) atoms. The van der Waals surface area contributed by atoms with Gasteiger partial charge in [-0.25, -0.2) is 0 Å². The van der Waals surface area contributed by atoms with Gasteiger partial charge in [0.05, 0.1) is 13.2 Å². The molecule has 1 amide bonds. The summed E-state index contributed by atoms with van der Waals surface area (Å²) in [6, 6.07) is 13.0. The van der Waals surface area contributed by atoms with Gasteiger partial charge in [-0.1, -0.05) is 30.7 Å². The highest BCUT2D eigenvalue weighted by Gasteiger charge is 2.13. The van der Waals surface area contributed by atoms with Gasteiger partial charge in [-0.2, -0.15) is 0 Å². The first-order valence-electron chi connectivity index (χ1n) is 7.85. The molecule has 0 aliphatic heterocycles. The fourth-order valence-corrected chi connectivity index (χ4v) is 2.47. The highest BCUT2D eigenvalue weighted by molar-refractivity contribution is 6.31. The molecule has 0 aliphatic rings. The van der Waals surface area contributed by atoms with Gasteiger partial charge >= 0.3 is 0 Å². The zero-order chi connectivity index (χ0) is 17.5. The largest absolute Gasteiger partial charge is 0.497 e. The molecule has 0 saturated carbocycles. The Hall–Kier alpha value is -2.20. The molecule has 0 bridgehead atoms. The molecule has 4 nitrogen and oxygen atoms in total. The van der Waals surface area contributed by atoms with E-state index in [0.29, 0.717) is 10.8 Å². The van der Waals surface area contributed by atoms with E-state index in [2.05, 4.69) is 5.32 Å². The monoisotopic (exact) mass is 347 g/mol. The third-order valence-electron chi connectivity index (χ3n) is 3.76. The van der Waals surface area contributed by atoms with Crippen molar-refractivity contribution in [2.45, 2.75) is 26.3 Å². The molecule has 0 spiro atoms. The normalized spacial score (nSPS) is 11.7. The van der Waals surface area contributed by atoms with E-state index in [1.54, 1.807) is 19.2 Å². The maximum absolute atomic E-state index is 12.1. The average Bonchev–Trinajstić information content (AvgIpc) is 2.61. The van der Waals surface area contributed by atoms with E-state index >= 15 is 0 Å². The second-order valence-corrected chi connectivity index (χ2v) is 5.91. The summed E-state index contributed by atoms with van der Waals surface area (Å²) in [7, 11) is 1.63. The van der Waals surface area contributed by atoms with Gasteiger partial charge in [-0.05, 0) is 54.8 Å². The number of halogens is 1. The minimum absolute atomic E-state index is 0.0340. The van der Waals surface area contributed by atoms with Crippen LogP contribution in [-0.2, 0) is 4.79 Å². The molecule has 1 atom stereocenters. The smallest absolute Gasteiger partial charge is 0.258 e. The highest BCUT2D eigenvalue weighted by atomic mass is 35.5. The molecule has 2 aromatic rings. The predicted molar refractivity (Wildman–Crippen MR) is 95.9 cm³/mol. The Morgan fingerprint density at radius 2 is 1.83 bits per heavy atom. The van der Waals surface area contributed by atoms with Crippen LogP contribution in [0.4, 0.5) is 0 Å². The summed E-state index contributed by atoms with van der Waals surface area (Å²) in [4.78, 5) is 12.1. The van der Waals surface area contributed by atoms with Crippen molar-refractivity contribution in [2.75, 3.05) is 13.7 Å². The van der Waals surface area contributed by atoms with E-state index in [0.717, 1.165) is 23.3 Å². The maximum Gasteiger partial charge on any atom is 0.258 e. The first kappa shape index (κ1) is 18.1. The lowest BCUT2D eigenvalue weighted by Crippen LogP contribution is -2.32. The Morgan fingerprint density at radius 3 is 2.42 bits per heavy atom. The number of benzene rings is 2. The fraction of sp³-hybridized carbons (Fsp3) is 0.316. The van der Waals surface area contributed by atoms with Gasteiger partial charge in [0.2, 0.25) is 0 Å². The zero-order valence-electron chi connectivity index (χ0n) is 14.1. The Morgan fingerprint density at radius 1 is 1.17 bits per heavy atom. The van der Waals surface area contributed by atoms with Crippen LogP contribution < -0.4 is 14.8 Å². The van der Waals surface area contributed by atoms with Crippen molar-refractivity contribution in [3.63, 3.8) is 0 Å². The Balaban J connectivity index is 1.92. The Bertz CT molecular complexity index is 686. The summed E-state index contributed by atoms with van der Waals surface area (Å²) < 4.78 is 10.7. The lowest BCUT2D eigenvalue weighted by Gasteiger charge is -2.18. The van der Waals surface area contributed by atoms with Gasteiger partial charge in [-0.3, -0.25) is 4.79 Å². The number of methoxy groups -OCH3 is 1. The lowest BCUT2D eigenvalue weighted by molar-refractivity contribution is -0.123. The van der Waals surface area contributed by atoms with Gasteiger partial charge in [0, 0.05) is 5.02 Å². The standard InChI is InChI=1S/C19H22ClNO3/c1-4-18(14-5-7-15(23-3)8-6-14)21-19(22)12-24-16-9-10-17(20)13(2)11-16/h5-11,18H,4,12H2,1-3H3,(H,21,22)/t18-/m0/s1. The van der Waals surface area contributed by atoms with Crippen LogP contribution in [0, 0.1) is 6.92 Å². The number of hydrogen-bond donors (Lipinski definition) is 1. The SMILES string of the molecule is CC[C@H](NC(=O)COc1ccc(Cl)c(C)c1)c1ccc(OC)cc1. The number of carbonyl (C=O) groups is 1. The lowest BCUT2D eigenvalue weighted by atomic mass is 10.0. The number of aryl methyl sites for hydroxylation is 1. The highest BCUT2D eigenvalue weighted by Crippen LogP contribution is 2.22. The van der Waals surface area contributed by atoms with E-state index in [-0.39, 0.29) is 18.6 Å². The molecule has 2 aromatic carbocycles. The molecular weight excluding hydrogens is 326 g/mol. The first-order valence-corrected chi connectivity index (χ1v) is 8.23. The van der Waals surface area contributed by atoms with E-state index in [1.165, 1.54) is 0 Å². The summed E-state index contributed by atoms with van der Waals surface area (Å²) >= 11 is 5.98. The summed E-state index contributed by atoms with van der Waals surface area (Å²) in [5.74, 6) is 1.26. The van der Waals surface area contributed by atoms with Crippen LogP contribution in [0.25, 0.3) is 0 Å². The van der Waals surface area contributed by atoms with Gasteiger partial charge in [-0.15, -0.1) is 0 Å². The third kappa shape index (κ3) is 4.90. The molecule has 0 fully saturated rings. The van der Waals surface area contributed by atoms with Crippen LogP contribution in [0.5, 0.6) is 11.5 Å². The Labute approximate surface area is 147 Å². The summed E-state index contributed by atoms with van der Waals surface area (Å²) in [6.07, 6.45) is 0.790. The minimum atomic E-state index is -0.162. The second kappa shape index (κ2) is 8.60. The molecule has 128 valence electrons. The number of carbonyl (C=O) groups excluding carboxylic acids is 1. The second-order valence-electron chi connectivity index (χ2n) is 5.50. The molecule has 0 saturated heterocycles. The molecule has 0 unspecified atom stereocenters. The van der Waals surface area contributed by atoms with Crippen molar-refractivity contribution in [2.24, 2.45) is 0 Å². The van der Waals surface area contributed by atoms with Crippen molar-refractivity contribution in [3.05, 3.63) is 58.6 Å². The van der Waals surface area contributed by atoms with Crippen LogP contribution in [0.3, 0.4) is 0 Å². The van der Waals surface area contributed by atoms with Crippen molar-refractivity contribution in [3.8, 4) is 11.5 Å². The van der Waals surface area contributed by atoms with E-state index in [4.69, 9.17) is 21.1 Å². The molecule has 0 radical (unpaired) electrons. The maximum atomic E-state index is 12.1. The minimum Gasteiger partial charge on any atom is -0.497 e. The molecule has 2 rings (SSSR count). The molecule has 0 aromatic heterocycles. The molecule has 0 aliphatic carbocycles. The molecule has 5 heteroatoms. The van der Waals surface area contributed by atoms with Crippen molar-refractivity contribution < 1.29 is 14.3 Å². The van der Waals surface area contributed by atoms with Crippen molar-refractivity contribution >= 4 is 17.5 Å². The van der Waals surface area contributed by atoms with Crippen LogP contribution in [0.1, 0.15) is 30.5 Å². The van der Waals surface area contributed by atoms with Crippen molar-refractivity contribution in [1.29, 1.82) is 0 Å². The number of ether oxygens (including phenoxy) is 2. The van der Waals surface area contributed by atoms with Crippen LogP contribution in [0.2, 0.25) is 5.02 Å². The molecule has 1 N–H and O–H groups in total. The molecule has 0 heterocycles. The fourth-order valence-electron chi connectivity index (χ4n) is 2.35. The van der Waals surface area contributed by atoms with Crippen molar-refractivity contribution in [1.82, 2.24) is 5.32 Å². The third-order valence-corrected chi connectivity index (χ3v) is 4.19. The number of hydrogen-bond acceptors (Lipinski definition) is 3. The van der Waals surface area contributed by atoms with E-state index in [9.17, 15) is 4.79 Å². The quantitative estimate of drug-likeness (QED) is 0.812. The van der Waals surface area contributed by atoms with Gasteiger partial charge in [0.1, 0.15) is 11.5 Å². The summed E-state index contributed by atoms with van der Waals surface area (Å²) in [5.41, 5.74) is 1.95. The Kier molecular flexibility index (Phi) is 6.50. The topological polar surface area (TPSA) is 47.6 Å². The number of rotatable bonds is 7. The number of amides is 1. The van der Waals surface area contributed by atoms with Crippen LogP contribution >= 0.6 is 11.6 Å². The van der Waals surface area contributed by atoms with E-state index < -0.39 is 0 Å². The van der Waals surface area contributed by atoms with Gasteiger partial charge < -0.3 is 14.8 Å². The first-order chi connectivity index (χ1) is 11.5. The number of nitrogens with one attached hydrogen (secondary N) is 1. The summed E-state index contributed by atoms with van der Waals surface area (Å²) in [5, 5.41) is 3.66. The van der Waals surface area contributed by atoms with Crippen LogP contribution in [0.15, 0.2) is 42.5 Å². The van der Waals surface area contributed by atoms with Gasteiger partial charge in [0.15, 0.2) is 6.61 Å². The average molecular weight is 348 g/mol. The van der Waals surface area contributed by atoms with Crippen LogP contribution in [-0.4, -0.2) is 19.6 Å². The summed E-state index contributed by atoms with van der Waals surface area (Å²) in [6.45, 7) is 3.89. The predicted octanol–water partition coefficient (Wildman–Crippen LogP) is 4.30. The van der Waals surface area contributed by atoms with Gasteiger partial charge in [0.25, 0.3) is 5.91 Å². The van der Waals surface area contributed by atoms with E-state index in [1.807, 2.05) is 44.2 Å². The molecular formula is C19H22ClNO3. The zero-order valence-corrected chi connectivity index (χ0v) is 14.9.